The molecule has 0 heterocycles. The normalized spacial score (nSPS) is 10.3. The molecule has 0 saturated carbocycles. The first-order valence-electron chi connectivity index (χ1n) is 9.00. The van der Waals surface area contributed by atoms with Gasteiger partial charge in [-0.2, -0.15) is 0 Å². The summed E-state index contributed by atoms with van der Waals surface area (Å²) in [5.74, 6) is 1.30. The Bertz CT molecular complexity index is 935. The zero-order valence-electron chi connectivity index (χ0n) is 15.5. The van der Waals surface area contributed by atoms with E-state index in [1.165, 1.54) is 0 Å². The van der Waals surface area contributed by atoms with Crippen LogP contribution in [0.3, 0.4) is 0 Å². The number of benzene rings is 3. The molecule has 3 aromatic carbocycles. The Morgan fingerprint density at radius 3 is 2.14 bits per heavy atom. The van der Waals surface area contributed by atoms with Crippen LogP contribution in [-0.2, 0) is 4.79 Å². The molecule has 0 unspecified atom stereocenters. The van der Waals surface area contributed by atoms with E-state index in [4.69, 9.17) is 32.7 Å². The minimum atomic E-state index is -0.203. The zero-order chi connectivity index (χ0) is 20.5. The van der Waals surface area contributed by atoms with Gasteiger partial charge in [-0.05, 0) is 48.5 Å². The number of carbonyl (C=O) groups is 1. The monoisotopic (exact) mass is 430 g/mol. The summed E-state index contributed by atoms with van der Waals surface area (Å²) in [5, 5.41) is 6.59. The van der Waals surface area contributed by atoms with Gasteiger partial charge in [0.25, 0.3) is 0 Å². The third-order valence-electron chi connectivity index (χ3n) is 3.89. The molecule has 0 atom stereocenters. The van der Waals surface area contributed by atoms with E-state index in [9.17, 15) is 4.79 Å². The van der Waals surface area contributed by atoms with Gasteiger partial charge in [0.05, 0.1) is 22.3 Å². The van der Waals surface area contributed by atoms with E-state index in [-0.39, 0.29) is 12.5 Å². The van der Waals surface area contributed by atoms with Crippen molar-refractivity contribution in [1.82, 2.24) is 0 Å². The molecular formula is C22H20Cl2N2O3. The second-order valence-corrected chi connectivity index (χ2v) is 6.82. The molecule has 0 radical (unpaired) electrons. The number of ether oxygens (including phenoxy) is 2. The Kier molecular flexibility index (Phi) is 7.61. The van der Waals surface area contributed by atoms with Gasteiger partial charge < -0.3 is 20.1 Å². The van der Waals surface area contributed by atoms with Crippen molar-refractivity contribution in [3.63, 3.8) is 0 Å². The lowest BCUT2D eigenvalue weighted by molar-refractivity contribution is -0.114. The van der Waals surface area contributed by atoms with Gasteiger partial charge in [0.15, 0.2) is 0 Å². The zero-order valence-corrected chi connectivity index (χ0v) is 17.0. The molecule has 3 rings (SSSR count). The van der Waals surface area contributed by atoms with E-state index >= 15 is 0 Å². The topological polar surface area (TPSA) is 59.6 Å². The van der Waals surface area contributed by atoms with Crippen LogP contribution in [0.5, 0.6) is 11.5 Å². The maximum absolute atomic E-state index is 12.1. The third kappa shape index (κ3) is 6.59. The number of hydrogen-bond donors (Lipinski definition) is 2. The molecule has 0 fully saturated rings. The summed E-state index contributed by atoms with van der Waals surface area (Å²) in [6, 6.07) is 21.9. The van der Waals surface area contributed by atoms with Crippen LogP contribution in [0.4, 0.5) is 11.4 Å². The van der Waals surface area contributed by atoms with Crippen LogP contribution in [0, 0.1) is 0 Å². The summed E-state index contributed by atoms with van der Waals surface area (Å²) in [7, 11) is 0. The van der Waals surface area contributed by atoms with Crippen LogP contribution < -0.4 is 20.1 Å². The molecule has 3 aromatic rings. The van der Waals surface area contributed by atoms with Crippen LogP contribution in [0.1, 0.15) is 0 Å². The van der Waals surface area contributed by atoms with Gasteiger partial charge in [-0.25, -0.2) is 0 Å². The molecule has 5 nitrogen and oxygen atoms in total. The largest absolute Gasteiger partial charge is 0.490 e. The highest BCUT2D eigenvalue weighted by Crippen LogP contribution is 2.29. The smallest absolute Gasteiger partial charge is 0.243 e. The van der Waals surface area contributed by atoms with Crippen LogP contribution >= 0.6 is 23.2 Å². The molecule has 0 aromatic heterocycles. The second-order valence-electron chi connectivity index (χ2n) is 6.04. The molecule has 2 N–H and O–H groups in total. The molecule has 29 heavy (non-hydrogen) atoms. The molecule has 0 saturated heterocycles. The van der Waals surface area contributed by atoms with Crippen molar-refractivity contribution >= 4 is 40.5 Å². The Labute approximate surface area is 179 Å². The summed E-state index contributed by atoms with van der Waals surface area (Å²) < 4.78 is 11.2. The van der Waals surface area contributed by atoms with E-state index in [0.29, 0.717) is 40.4 Å². The van der Waals surface area contributed by atoms with Gasteiger partial charge in [0.1, 0.15) is 24.7 Å². The number of halogens is 2. The van der Waals surface area contributed by atoms with Crippen LogP contribution in [0.25, 0.3) is 0 Å². The number of para-hydroxylation sites is 1. The van der Waals surface area contributed by atoms with Crippen molar-refractivity contribution in [2.24, 2.45) is 0 Å². The van der Waals surface area contributed by atoms with E-state index in [1.54, 1.807) is 42.5 Å². The first-order valence-corrected chi connectivity index (χ1v) is 9.76. The quantitative estimate of drug-likeness (QED) is 0.439. The fourth-order valence-corrected chi connectivity index (χ4v) is 2.86. The lowest BCUT2D eigenvalue weighted by Gasteiger charge is -2.11. The Morgan fingerprint density at radius 2 is 1.45 bits per heavy atom. The number of hydrogen-bond acceptors (Lipinski definition) is 4. The third-order valence-corrected chi connectivity index (χ3v) is 4.71. The van der Waals surface area contributed by atoms with E-state index in [2.05, 4.69) is 10.6 Å². The highest BCUT2D eigenvalue weighted by molar-refractivity contribution is 6.43. The molecule has 0 aliphatic heterocycles. The summed E-state index contributed by atoms with van der Waals surface area (Å²) in [6.45, 7) is 0.931. The molecular weight excluding hydrogens is 411 g/mol. The number of amides is 1. The van der Waals surface area contributed by atoms with E-state index in [0.717, 1.165) is 5.75 Å². The lowest BCUT2D eigenvalue weighted by atomic mass is 10.3. The number of carbonyl (C=O) groups excluding carboxylic acids is 1. The Morgan fingerprint density at radius 1 is 0.793 bits per heavy atom. The van der Waals surface area contributed by atoms with Crippen molar-refractivity contribution in [2.45, 2.75) is 0 Å². The van der Waals surface area contributed by atoms with E-state index in [1.807, 2.05) is 30.3 Å². The number of anilines is 2. The lowest BCUT2D eigenvalue weighted by Crippen LogP contribution is -2.21. The Hall–Kier alpha value is -2.89. The van der Waals surface area contributed by atoms with Crippen LogP contribution in [0.15, 0.2) is 72.8 Å². The molecule has 0 bridgehead atoms. The Balaban J connectivity index is 1.40. The predicted octanol–water partition coefficient (Wildman–Crippen LogP) is 5.50. The van der Waals surface area contributed by atoms with Crippen LogP contribution in [-0.4, -0.2) is 25.7 Å². The van der Waals surface area contributed by atoms with Gasteiger partial charge in [-0.1, -0.05) is 47.5 Å². The van der Waals surface area contributed by atoms with Gasteiger partial charge in [-0.3, -0.25) is 4.79 Å². The van der Waals surface area contributed by atoms with Gasteiger partial charge in [0.2, 0.25) is 5.91 Å². The molecule has 0 aliphatic rings. The average Bonchev–Trinajstić information content (AvgIpc) is 2.74. The number of nitrogens with one attached hydrogen (secondary N) is 2. The predicted molar refractivity (Wildman–Crippen MR) is 117 cm³/mol. The highest BCUT2D eigenvalue weighted by Gasteiger charge is 2.07. The number of rotatable bonds is 9. The van der Waals surface area contributed by atoms with Gasteiger partial charge in [-0.15, -0.1) is 0 Å². The van der Waals surface area contributed by atoms with Crippen molar-refractivity contribution < 1.29 is 14.3 Å². The van der Waals surface area contributed by atoms with Crippen molar-refractivity contribution in [2.75, 3.05) is 30.4 Å². The van der Waals surface area contributed by atoms with Gasteiger partial charge in [0, 0.05) is 5.69 Å². The first kappa shape index (κ1) is 20.8. The standard InChI is InChI=1S/C22H20Cl2N2O3/c23-19-7-4-8-20(22(19)24)25-15-21(27)26-16-9-11-18(12-10-16)29-14-13-28-17-5-2-1-3-6-17/h1-12,25H,13-15H2,(H,26,27). The summed E-state index contributed by atoms with van der Waals surface area (Å²) >= 11 is 12.1. The molecule has 1 amide bonds. The highest BCUT2D eigenvalue weighted by atomic mass is 35.5. The van der Waals surface area contributed by atoms with E-state index < -0.39 is 0 Å². The fraction of sp³-hybridized carbons (Fsp3) is 0.136. The average molecular weight is 431 g/mol. The SMILES string of the molecule is O=C(CNc1cccc(Cl)c1Cl)Nc1ccc(OCCOc2ccccc2)cc1. The fourth-order valence-electron chi connectivity index (χ4n) is 2.49. The summed E-state index contributed by atoms with van der Waals surface area (Å²) in [5.41, 5.74) is 1.28. The molecule has 0 spiro atoms. The first-order chi connectivity index (χ1) is 14.1. The van der Waals surface area contributed by atoms with Crippen molar-refractivity contribution in [1.29, 1.82) is 0 Å². The van der Waals surface area contributed by atoms with Crippen LogP contribution in [0.2, 0.25) is 10.0 Å². The minimum absolute atomic E-state index is 0.0646. The maximum Gasteiger partial charge on any atom is 0.243 e. The maximum atomic E-state index is 12.1. The van der Waals surface area contributed by atoms with Crippen molar-refractivity contribution in [3.05, 3.63) is 82.8 Å². The second kappa shape index (κ2) is 10.6. The molecule has 0 aliphatic carbocycles. The summed E-state index contributed by atoms with van der Waals surface area (Å²) in [4.78, 5) is 12.1. The molecule has 7 heteroatoms. The van der Waals surface area contributed by atoms with Crippen molar-refractivity contribution in [3.8, 4) is 11.5 Å². The van der Waals surface area contributed by atoms with Gasteiger partial charge >= 0.3 is 0 Å². The summed E-state index contributed by atoms with van der Waals surface area (Å²) in [6.07, 6.45) is 0. The minimum Gasteiger partial charge on any atom is -0.490 e. The molecule has 150 valence electrons.